The molecule has 0 saturated heterocycles. The number of nitrogens with one attached hydrogen (secondary N) is 2. The lowest BCUT2D eigenvalue weighted by molar-refractivity contribution is -0.123. The van der Waals surface area contributed by atoms with Gasteiger partial charge in [-0.05, 0) is 23.8 Å². The van der Waals surface area contributed by atoms with E-state index in [0.717, 1.165) is 5.56 Å². The predicted molar refractivity (Wildman–Crippen MR) is 88.0 cm³/mol. The lowest BCUT2D eigenvalue weighted by Gasteiger charge is -2.15. The van der Waals surface area contributed by atoms with Crippen molar-refractivity contribution in [2.24, 2.45) is 0 Å². The standard InChI is InChI=1S/C18H15F3N2O3/c19-18(20,21)10-22-16(24)12-6-2-3-7-13(12)23-17(25)15-9-11-5-1-4-8-14(11)26-15/h1-8,15H,9-10H2,(H,22,24)(H,23,25)/t15-/m1/s1. The number of carbonyl (C=O) groups is 2. The van der Waals surface area contributed by atoms with E-state index in [2.05, 4.69) is 5.32 Å². The van der Waals surface area contributed by atoms with E-state index in [4.69, 9.17) is 4.74 Å². The van der Waals surface area contributed by atoms with Gasteiger partial charge in [-0.25, -0.2) is 0 Å². The lowest BCUT2D eigenvalue weighted by Crippen LogP contribution is -2.35. The van der Waals surface area contributed by atoms with Crippen molar-refractivity contribution in [3.8, 4) is 5.75 Å². The molecule has 2 aromatic rings. The zero-order valence-corrected chi connectivity index (χ0v) is 13.5. The van der Waals surface area contributed by atoms with Gasteiger partial charge in [0.1, 0.15) is 12.3 Å². The number of hydrogen-bond donors (Lipinski definition) is 2. The average molecular weight is 364 g/mol. The first-order valence-corrected chi connectivity index (χ1v) is 7.83. The summed E-state index contributed by atoms with van der Waals surface area (Å²) in [5.74, 6) is -0.782. The Kier molecular flexibility index (Phi) is 4.83. The molecular formula is C18H15F3N2O3. The fraction of sp³-hybridized carbons (Fsp3) is 0.222. The zero-order chi connectivity index (χ0) is 18.7. The largest absolute Gasteiger partial charge is 0.480 e. The van der Waals surface area contributed by atoms with Crippen LogP contribution >= 0.6 is 0 Å². The lowest BCUT2D eigenvalue weighted by atomic mass is 10.1. The van der Waals surface area contributed by atoms with E-state index >= 15 is 0 Å². The monoisotopic (exact) mass is 364 g/mol. The zero-order valence-electron chi connectivity index (χ0n) is 13.5. The Bertz CT molecular complexity index is 811. The fourth-order valence-corrected chi connectivity index (χ4v) is 2.61. The maximum absolute atomic E-state index is 12.4. The first-order valence-electron chi connectivity index (χ1n) is 7.83. The molecule has 0 spiro atoms. The SMILES string of the molecule is O=C(NCC(F)(F)F)c1ccccc1NC(=O)[C@H]1Cc2ccccc2O1. The number of amides is 2. The molecule has 26 heavy (non-hydrogen) atoms. The summed E-state index contributed by atoms with van der Waals surface area (Å²) in [6.07, 6.45) is -4.90. The molecule has 0 fully saturated rings. The Morgan fingerprint density at radius 2 is 1.77 bits per heavy atom. The summed E-state index contributed by atoms with van der Waals surface area (Å²) in [4.78, 5) is 24.4. The molecule has 3 rings (SSSR count). The highest BCUT2D eigenvalue weighted by Crippen LogP contribution is 2.29. The van der Waals surface area contributed by atoms with Crippen molar-refractivity contribution in [2.75, 3.05) is 11.9 Å². The molecule has 1 atom stereocenters. The van der Waals surface area contributed by atoms with E-state index in [9.17, 15) is 22.8 Å². The van der Waals surface area contributed by atoms with Gasteiger partial charge in [0, 0.05) is 6.42 Å². The molecule has 0 aliphatic carbocycles. The van der Waals surface area contributed by atoms with Gasteiger partial charge in [-0.15, -0.1) is 0 Å². The Morgan fingerprint density at radius 3 is 2.50 bits per heavy atom. The number of benzene rings is 2. The quantitative estimate of drug-likeness (QED) is 0.877. The van der Waals surface area contributed by atoms with Crippen LogP contribution in [0.5, 0.6) is 5.75 Å². The molecule has 0 unspecified atom stereocenters. The molecule has 2 aromatic carbocycles. The van der Waals surface area contributed by atoms with Crippen molar-refractivity contribution in [2.45, 2.75) is 18.7 Å². The predicted octanol–water partition coefficient (Wildman–Crippen LogP) is 2.92. The number of ether oxygens (including phenoxy) is 1. The second kappa shape index (κ2) is 7.07. The molecule has 1 aliphatic heterocycles. The van der Waals surface area contributed by atoms with Gasteiger partial charge in [0.25, 0.3) is 11.8 Å². The first-order chi connectivity index (χ1) is 12.3. The molecule has 5 nitrogen and oxygen atoms in total. The van der Waals surface area contributed by atoms with Crippen LogP contribution in [0, 0.1) is 0 Å². The van der Waals surface area contributed by atoms with E-state index in [0.29, 0.717) is 12.2 Å². The summed E-state index contributed by atoms with van der Waals surface area (Å²) in [6.45, 7) is -1.45. The highest BCUT2D eigenvalue weighted by atomic mass is 19.4. The van der Waals surface area contributed by atoms with Crippen LogP contribution in [-0.2, 0) is 11.2 Å². The number of rotatable bonds is 4. The summed E-state index contributed by atoms with van der Waals surface area (Å²) < 4.78 is 42.4. The maximum Gasteiger partial charge on any atom is 0.405 e. The number of carbonyl (C=O) groups excluding carboxylic acids is 2. The van der Waals surface area contributed by atoms with Gasteiger partial charge in [-0.1, -0.05) is 30.3 Å². The normalized spacial score (nSPS) is 15.7. The smallest absolute Gasteiger partial charge is 0.405 e. The molecule has 1 aliphatic rings. The molecular weight excluding hydrogens is 349 g/mol. The van der Waals surface area contributed by atoms with E-state index in [1.54, 1.807) is 23.5 Å². The highest BCUT2D eigenvalue weighted by molar-refractivity contribution is 6.04. The summed E-state index contributed by atoms with van der Waals surface area (Å²) in [7, 11) is 0. The topological polar surface area (TPSA) is 67.4 Å². The number of alkyl halides is 3. The molecule has 0 aromatic heterocycles. The Balaban J connectivity index is 1.69. The molecule has 2 amide bonds. The molecule has 0 radical (unpaired) electrons. The number of fused-ring (bicyclic) bond motifs is 1. The summed E-state index contributed by atoms with van der Waals surface area (Å²) in [6, 6.07) is 13.1. The van der Waals surface area contributed by atoms with Crippen LogP contribution in [0.25, 0.3) is 0 Å². The van der Waals surface area contributed by atoms with E-state index in [1.807, 2.05) is 12.1 Å². The first kappa shape index (κ1) is 17.8. The Morgan fingerprint density at radius 1 is 1.08 bits per heavy atom. The van der Waals surface area contributed by atoms with Crippen molar-refractivity contribution < 1.29 is 27.5 Å². The van der Waals surface area contributed by atoms with Gasteiger partial charge in [0.05, 0.1) is 11.3 Å². The van der Waals surface area contributed by atoms with E-state index < -0.39 is 30.6 Å². The van der Waals surface area contributed by atoms with Crippen LogP contribution in [0.2, 0.25) is 0 Å². The molecule has 0 bridgehead atoms. The van der Waals surface area contributed by atoms with Crippen molar-refractivity contribution >= 4 is 17.5 Å². The van der Waals surface area contributed by atoms with E-state index in [-0.39, 0.29) is 11.3 Å². The van der Waals surface area contributed by atoms with Gasteiger partial charge < -0.3 is 15.4 Å². The van der Waals surface area contributed by atoms with Crippen LogP contribution in [0.4, 0.5) is 18.9 Å². The molecule has 2 N–H and O–H groups in total. The van der Waals surface area contributed by atoms with Crippen molar-refractivity contribution in [1.82, 2.24) is 5.32 Å². The summed E-state index contributed by atoms with van der Waals surface area (Å²) >= 11 is 0. The van der Waals surface area contributed by atoms with Crippen LogP contribution in [0.1, 0.15) is 15.9 Å². The Labute approximate surface area is 147 Å². The maximum atomic E-state index is 12.4. The van der Waals surface area contributed by atoms with Gasteiger partial charge in [0.2, 0.25) is 0 Å². The second-order valence-corrected chi connectivity index (χ2v) is 5.75. The fourth-order valence-electron chi connectivity index (χ4n) is 2.61. The summed E-state index contributed by atoms with van der Waals surface area (Å²) in [5.41, 5.74) is 0.959. The highest BCUT2D eigenvalue weighted by Gasteiger charge is 2.30. The van der Waals surface area contributed by atoms with Crippen molar-refractivity contribution in [3.05, 3.63) is 59.7 Å². The third-order valence-corrected chi connectivity index (χ3v) is 3.82. The van der Waals surface area contributed by atoms with Crippen LogP contribution < -0.4 is 15.4 Å². The van der Waals surface area contributed by atoms with Crippen LogP contribution in [-0.4, -0.2) is 30.6 Å². The summed E-state index contributed by atoms with van der Waals surface area (Å²) in [5, 5.41) is 4.35. The molecule has 8 heteroatoms. The van der Waals surface area contributed by atoms with Crippen molar-refractivity contribution in [3.63, 3.8) is 0 Å². The van der Waals surface area contributed by atoms with Crippen molar-refractivity contribution in [1.29, 1.82) is 0 Å². The van der Waals surface area contributed by atoms with Gasteiger partial charge in [-0.3, -0.25) is 9.59 Å². The molecule has 1 heterocycles. The van der Waals surface area contributed by atoms with Gasteiger partial charge in [0.15, 0.2) is 6.10 Å². The van der Waals surface area contributed by atoms with Crippen LogP contribution in [0.15, 0.2) is 48.5 Å². The van der Waals surface area contributed by atoms with E-state index in [1.165, 1.54) is 18.2 Å². The minimum absolute atomic E-state index is 0.0550. The third kappa shape index (κ3) is 4.14. The molecule has 136 valence electrons. The molecule has 0 saturated carbocycles. The van der Waals surface area contributed by atoms with Gasteiger partial charge >= 0.3 is 6.18 Å². The number of para-hydroxylation sites is 2. The van der Waals surface area contributed by atoms with Crippen LogP contribution in [0.3, 0.4) is 0 Å². The number of halogens is 3. The minimum atomic E-state index is -4.52. The average Bonchev–Trinajstić information content (AvgIpc) is 3.04. The minimum Gasteiger partial charge on any atom is -0.480 e. The Hall–Kier alpha value is -3.03. The second-order valence-electron chi connectivity index (χ2n) is 5.75. The third-order valence-electron chi connectivity index (χ3n) is 3.82. The number of hydrogen-bond acceptors (Lipinski definition) is 3. The van der Waals surface area contributed by atoms with Gasteiger partial charge in [-0.2, -0.15) is 13.2 Å². The number of anilines is 1.